The van der Waals surface area contributed by atoms with Crippen molar-refractivity contribution in [1.82, 2.24) is 19.4 Å². The molecule has 1 aliphatic heterocycles. The van der Waals surface area contributed by atoms with Crippen molar-refractivity contribution >= 4 is 27.6 Å². The van der Waals surface area contributed by atoms with Crippen molar-refractivity contribution in [2.45, 2.75) is 12.6 Å². The Balaban J connectivity index is 1.46. The number of hydrogen-bond donors (Lipinski definition) is 1. The normalized spacial score (nSPS) is 14.0. The van der Waals surface area contributed by atoms with Crippen LogP contribution in [0.5, 0.6) is 11.6 Å². The van der Waals surface area contributed by atoms with E-state index in [1.165, 1.54) is 12.1 Å². The molecular weight excluding hydrogens is 567 g/mol. The van der Waals surface area contributed by atoms with Gasteiger partial charge in [0.05, 0.1) is 17.5 Å². The lowest BCUT2D eigenvalue weighted by atomic mass is 9.98. The molecule has 1 N–H and O–H groups in total. The lowest BCUT2D eigenvalue weighted by Crippen LogP contribution is -2.47. The van der Waals surface area contributed by atoms with Gasteiger partial charge in [-0.2, -0.15) is 0 Å². The summed E-state index contributed by atoms with van der Waals surface area (Å²) >= 11 is 0. The Bertz CT molecular complexity index is 1930. The Morgan fingerprint density at radius 3 is 2.16 bits per heavy atom. The predicted octanol–water partition coefficient (Wildman–Crippen LogP) is 6.64. The largest absolute Gasteiger partial charge is 0.494 e. The first kappa shape index (κ1) is 28.6. The number of aromatic nitrogens is 2. The summed E-state index contributed by atoms with van der Waals surface area (Å²) in [5.74, 6) is -0.103. The number of piperazine rings is 1. The summed E-state index contributed by atoms with van der Waals surface area (Å²) < 4.78 is 22.3. The number of pyridine rings is 1. The van der Waals surface area contributed by atoms with Crippen molar-refractivity contribution < 1.29 is 19.0 Å². The number of rotatable bonds is 7. The number of ether oxygens (including phenoxy) is 1. The van der Waals surface area contributed by atoms with E-state index < -0.39 is 6.10 Å². The second kappa shape index (κ2) is 12.1. The number of nitrogens with zero attached hydrogens (tertiary/aromatic N) is 4. The van der Waals surface area contributed by atoms with Crippen molar-refractivity contribution in [2.24, 2.45) is 0 Å². The first-order valence-electron chi connectivity index (χ1n) is 15.1. The second-order valence-electron chi connectivity index (χ2n) is 11.5. The monoisotopic (exact) mass is 600 g/mol. The van der Waals surface area contributed by atoms with Crippen LogP contribution in [0.15, 0.2) is 109 Å². The van der Waals surface area contributed by atoms with Gasteiger partial charge in [-0.15, -0.1) is 0 Å². The number of carbonyl (C=O) groups excluding carboxylic acids is 1. The molecule has 1 aliphatic rings. The summed E-state index contributed by atoms with van der Waals surface area (Å²) in [6.45, 7) is 3.02. The molecule has 7 nitrogen and oxygen atoms in total. The van der Waals surface area contributed by atoms with E-state index in [9.17, 15) is 14.3 Å². The molecule has 0 bridgehead atoms. The van der Waals surface area contributed by atoms with Gasteiger partial charge < -0.3 is 24.2 Å². The van der Waals surface area contributed by atoms with E-state index >= 15 is 0 Å². The molecule has 1 amide bonds. The smallest absolute Gasteiger partial charge is 0.255 e. The molecule has 0 saturated carbocycles. The summed E-state index contributed by atoms with van der Waals surface area (Å²) in [4.78, 5) is 23.2. The van der Waals surface area contributed by atoms with Crippen LogP contribution in [0.25, 0.3) is 21.7 Å². The molecule has 6 aromatic rings. The van der Waals surface area contributed by atoms with Gasteiger partial charge in [-0.05, 0) is 41.9 Å². The number of benzene rings is 4. The predicted molar refractivity (Wildman–Crippen MR) is 173 cm³/mol. The highest BCUT2D eigenvalue weighted by Gasteiger charge is 2.31. The fourth-order valence-corrected chi connectivity index (χ4v) is 6.13. The van der Waals surface area contributed by atoms with Crippen molar-refractivity contribution in [3.05, 3.63) is 138 Å². The molecule has 7 rings (SSSR count). The van der Waals surface area contributed by atoms with E-state index in [-0.39, 0.29) is 24.1 Å². The first-order valence-corrected chi connectivity index (χ1v) is 15.1. The molecule has 2 aromatic heterocycles. The van der Waals surface area contributed by atoms with Crippen molar-refractivity contribution in [2.75, 3.05) is 33.2 Å². The molecule has 226 valence electrons. The van der Waals surface area contributed by atoms with Gasteiger partial charge in [-0.3, -0.25) is 9.78 Å². The van der Waals surface area contributed by atoms with Crippen molar-refractivity contribution in [3.63, 3.8) is 0 Å². The van der Waals surface area contributed by atoms with Gasteiger partial charge in [0.2, 0.25) is 5.88 Å². The third-order valence-corrected chi connectivity index (χ3v) is 8.55. The van der Waals surface area contributed by atoms with Gasteiger partial charge in [0.25, 0.3) is 5.91 Å². The molecule has 0 aliphatic carbocycles. The number of likely N-dealkylation sites (N-methyl/N-ethyl adjacent to an activating group) is 1. The van der Waals surface area contributed by atoms with Gasteiger partial charge in [0, 0.05) is 49.3 Å². The van der Waals surface area contributed by atoms with Gasteiger partial charge in [-0.25, -0.2) is 4.39 Å². The molecule has 0 radical (unpaired) electrons. The zero-order valence-electron chi connectivity index (χ0n) is 24.9. The minimum atomic E-state index is -0.514. The van der Waals surface area contributed by atoms with E-state index in [1.807, 2.05) is 77.7 Å². The lowest BCUT2D eigenvalue weighted by Gasteiger charge is -2.33. The van der Waals surface area contributed by atoms with Crippen LogP contribution in [0.1, 0.15) is 33.2 Å². The molecule has 3 heterocycles. The molecule has 8 heteroatoms. The van der Waals surface area contributed by atoms with Crippen LogP contribution in [0.4, 0.5) is 4.39 Å². The molecular formula is C37H33FN4O3. The Kier molecular flexibility index (Phi) is 7.65. The Labute approximate surface area is 260 Å². The number of halogens is 1. The highest BCUT2D eigenvalue weighted by Crippen LogP contribution is 2.46. The summed E-state index contributed by atoms with van der Waals surface area (Å²) in [7, 11) is 2.05. The molecule has 45 heavy (non-hydrogen) atoms. The minimum absolute atomic E-state index is 0.0517. The maximum absolute atomic E-state index is 14.3. The fourth-order valence-electron chi connectivity index (χ4n) is 6.13. The van der Waals surface area contributed by atoms with Crippen molar-refractivity contribution in [1.29, 1.82) is 0 Å². The van der Waals surface area contributed by atoms with E-state index in [0.29, 0.717) is 46.1 Å². The third-order valence-electron chi connectivity index (χ3n) is 8.55. The highest BCUT2D eigenvalue weighted by molar-refractivity contribution is 6.21. The first-order chi connectivity index (χ1) is 22.0. The van der Waals surface area contributed by atoms with E-state index in [4.69, 9.17) is 9.72 Å². The Morgan fingerprint density at radius 2 is 1.51 bits per heavy atom. The maximum atomic E-state index is 14.3. The lowest BCUT2D eigenvalue weighted by molar-refractivity contribution is 0.0668. The van der Waals surface area contributed by atoms with E-state index in [2.05, 4.69) is 11.9 Å². The van der Waals surface area contributed by atoms with Gasteiger partial charge >= 0.3 is 0 Å². The standard InChI is InChI=1S/C37H33FN4O3/c1-40-19-21-41(22-20-40)36(43)31-29-13-8-18-39-33(29)35(45-34(26-9-4-2-5-10-26)27-11-6-3-7-12-27)32-30(31)24-42(37(32)44)23-25-14-16-28(38)17-15-25/h2-18,24,34,44H,19-23H2,1H3. The summed E-state index contributed by atoms with van der Waals surface area (Å²) in [5, 5.41) is 13.5. The number of carbonyl (C=O) groups is 1. The van der Waals surface area contributed by atoms with Crippen LogP contribution in [-0.2, 0) is 6.54 Å². The SMILES string of the molecule is CN1CCN(C(=O)c2c3cccnc3c(OC(c3ccccc3)c3ccccc3)c3c(O)n(Cc4ccc(F)cc4)cc23)CC1. The van der Waals surface area contributed by atoms with Gasteiger partial charge in [-0.1, -0.05) is 78.9 Å². The number of amides is 1. The van der Waals surface area contributed by atoms with Crippen LogP contribution in [0.2, 0.25) is 0 Å². The minimum Gasteiger partial charge on any atom is -0.494 e. The Hall–Kier alpha value is -5.21. The van der Waals surface area contributed by atoms with Crippen LogP contribution >= 0.6 is 0 Å². The number of aromatic hydroxyl groups is 1. The van der Waals surface area contributed by atoms with Crippen LogP contribution in [0, 0.1) is 5.82 Å². The van der Waals surface area contributed by atoms with Gasteiger partial charge in [0.1, 0.15) is 17.4 Å². The Morgan fingerprint density at radius 1 is 0.867 bits per heavy atom. The topological polar surface area (TPSA) is 70.8 Å². The summed E-state index contributed by atoms with van der Waals surface area (Å²) in [6.07, 6.45) is 2.97. The zero-order chi connectivity index (χ0) is 30.9. The van der Waals surface area contributed by atoms with Crippen LogP contribution in [-0.4, -0.2) is 63.6 Å². The van der Waals surface area contributed by atoms with Crippen molar-refractivity contribution in [3.8, 4) is 11.6 Å². The van der Waals surface area contributed by atoms with E-state index in [1.54, 1.807) is 29.1 Å². The summed E-state index contributed by atoms with van der Waals surface area (Å²) in [6, 6.07) is 29.7. The van der Waals surface area contributed by atoms with Crippen LogP contribution in [0.3, 0.4) is 0 Å². The fraction of sp³-hybridized carbons (Fsp3) is 0.189. The molecule has 1 saturated heterocycles. The third kappa shape index (κ3) is 5.49. The van der Waals surface area contributed by atoms with Crippen LogP contribution < -0.4 is 4.74 Å². The average molecular weight is 601 g/mol. The zero-order valence-corrected chi connectivity index (χ0v) is 24.9. The molecule has 1 fully saturated rings. The summed E-state index contributed by atoms with van der Waals surface area (Å²) in [5.41, 5.74) is 3.64. The molecule has 4 aromatic carbocycles. The maximum Gasteiger partial charge on any atom is 0.255 e. The average Bonchev–Trinajstić information content (AvgIpc) is 3.39. The molecule has 0 spiro atoms. The number of hydrogen-bond acceptors (Lipinski definition) is 5. The quantitative estimate of drug-likeness (QED) is 0.223. The number of fused-ring (bicyclic) bond motifs is 2. The van der Waals surface area contributed by atoms with E-state index in [0.717, 1.165) is 29.8 Å². The second-order valence-corrected chi connectivity index (χ2v) is 11.5. The molecule has 0 atom stereocenters. The molecule has 0 unspecified atom stereocenters. The van der Waals surface area contributed by atoms with Gasteiger partial charge in [0.15, 0.2) is 5.75 Å². The highest BCUT2D eigenvalue weighted by atomic mass is 19.1.